The van der Waals surface area contributed by atoms with E-state index in [-0.39, 0.29) is 24.5 Å². The van der Waals surface area contributed by atoms with E-state index in [1.165, 1.54) is 0 Å². The van der Waals surface area contributed by atoms with Gasteiger partial charge in [0.15, 0.2) is 6.61 Å². The fourth-order valence-corrected chi connectivity index (χ4v) is 4.05. The zero-order chi connectivity index (χ0) is 23.1. The molecule has 2 aromatic rings. The highest BCUT2D eigenvalue weighted by Crippen LogP contribution is 2.22. The minimum Gasteiger partial charge on any atom is -0.497 e. The van der Waals surface area contributed by atoms with Crippen LogP contribution < -0.4 is 14.8 Å². The zero-order valence-corrected chi connectivity index (χ0v) is 19.5. The number of methoxy groups -OCH3 is 1. The highest BCUT2D eigenvalue weighted by atomic mass is 16.5. The molecule has 1 atom stereocenters. The second-order valence-electron chi connectivity index (χ2n) is 8.53. The molecule has 1 aliphatic carbocycles. The lowest BCUT2D eigenvalue weighted by molar-refractivity contribution is -0.142. The number of hydrogen-bond acceptors (Lipinski definition) is 4. The quantitative estimate of drug-likeness (QED) is 0.638. The van der Waals surface area contributed by atoms with Gasteiger partial charge in [-0.1, -0.05) is 37.1 Å². The van der Waals surface area contributed by atoms with Gasteiger partial charge in [0.25, 0.3) is 5.91 Å². The maximum atomic E-state index is 13.2. The maximum absolute atomic E-state index is 13.2. The molecule has 2 aromatic carbocycles. The summed E-state index contributed by atoms with van der Waals surface area (Å²) in [6.45, 7) is 5.93. The molecule has 0 radical (unpaired) electrons. The Morgan fingerprint density at radius 2 is 1.84 bits per heavy atom. The Hall–Kier alpha value is -3.02. The van der Waals surface area contributed by atoms with Gasteiger partial charge < -0.3 is 19.7 Å². The summed E-state index contributed by atoms with van der Waals surface area (Å²) in [7, 11) is 1.61. The molecule has 6 nitrogen and oxygen atoms in total. The molecule has 0 heterocycles. The Morgan fingerprint density at radius 1 is 1.12 bits per heavy atom. The lowest BCUT2D eigenvalue weighted by Crippen LogP contribution is -2.50. The molecule has 172 valence electrons. The van der Waals surface area contributed by atoms with Crippen LogP contribution in [0.2, 0.25) is 0 Å². The number of benzene rings is 2. The van der Waals surface area contributed by atoms with Gasteiger partial charge in [0.1, 0.15) is 17.5 Å². The highest BCUT2D eigenvalue weighted by molar-refractivity contribution is 5.88. The lowest BCUT2D eigenvalue weighted by Gasteiger charge is -2.30. The molecule has 6 heteroatoms. The molecule has 1 N–H and O–H groups in total. The van der Waals surface area contributed by atoms with Crippen molar-refractivity contribution in [3.63, 3.8) is 0 Å². The van der Waals surface area contributed by atoms with Gasteiger partial charge in [0.2, 0.25) is 5.91 Å². The van der Waals surface area contributed by atoms with Gasteiger partial charge in [0.05, 0.1) is 7.11 Å². The van der Waals surface area contributed by atoms with Crippen molar-refractivity contribution in [3.8, 4) is 11.5 Å². The average molecular weight is 439 g/mol. The minimum atomic E-state index is -0.614. The average Bonchev–Trinajstić information content (AvgIpc) is 3.31. The van der Waals surface area contributed by atoms with Gasteiger partial charge in [-0.2, -0.15) is 0 Å². The van der Waals surface area contributed by atoms with Crippen LogP contribution in [0.3, 0.4) is 0 Å². The van der Waals surface area contributed by atoms with E-state index in [2.05, 4.69) is 5.32 Å². The summed E-state index contributed by atoms with van der Waals surface area (Å²) in [5.41, 5.74) is 3.00. The third-order valence-electron chi connectivity index (χ3n) is 6.26. The second-order valence-corrected chi connectivity index (χ2v) is 8.53. The zero-order valence-electron chi connectivity index (χ0n) is 19.5. The van der Waals surface area contributed by atoms with Crippen LogP contribution in [0.25, 0.3) is 0 Å². The summed E-state index contributed by atoms with van der Waals surface area (Å²) in [6.07, 6.45) is 4.26. The fourth-order valence-electron chi connectivity index (χ4n) is 4.05. The number of amides is 2. The molecule has 1 aliphatic rings. The van der Waals surface area contributed by atoms with Crippen molar-refractivity contribution in [1.29, 1.82) is 0 Å². The van der Waals surface area contributed by atoms with Crippen molar-refractivity contribution in [1.82, 2.24) is 10.2 Å². The molecular formula is C26H34N2O4. The SMILES string of the molecule is COc1cccc(CN(C(=O)COc2cccc(C)c2C)C(C)C(=O)NC2CCCC2)c1. The third kappa shape index (κ3) is 6.02. The van der Waals surface area contributed by atoms with Crippen LogP contribution in [0, 0.1) is 13.8 Å². The van der Waals surface area contributed by atoms with E-state index in [4.69, 9.17) is 9.47 Å². The predicted molar refractivity (Wildman–Crippen MR) is 125 cm³/mol. The number of carbonyl (C=O) groups excluding carboxylic acids is 2. The van der Waals surface area contributed by atoms with Crippen molar-refractivity contribution < 1.29 is 19.1 Å². The molecule has 0 aromatic heterocycles. The number of nitrogens with one attached hydrogen (secondary N) is 1. The molecule has 3 rings (SSSR count). The topological polar surface area (TPSA) is 67.9 Å². The van der Waals surface area contributed by atoms with Crippen LogP contribution in [-0.2, 0) is 16.1 Å². The molecule has 0 spiro atoms. The van der Waals surface area contributed by atoms with E-state index >= 15 is 0 Å². The second kappa shape index (κ2) is 11.0. The van der Waals surface area contributed by atoms with Gasteiger partial charge >= 0.3 is 0 Å². The van der Waals surface area contributed by atoms with E-state index in [0.717, 1.165) is 42.4 Å². The Bertz CT molecular complexity index is 937. The summed E-state index contributed by atoms with van der Waals surface area (Å²) < 4.78 is 11.2. The van der Waals surface area contributed by atoms with E-state index in [1.54, 1.807) is 18.9 Å². The van der Waals surface area contributed by atoms with Crippen LogP contribution in [0.5, 0.6) is 11.5 Å². The number of hydrogen-bond donors (Lipinski definition) is 1. The summed E-state index contributed by atoms with van der Waals surface area (Å²) in [4.78, 5) is 27.8. The van der Waals surface area contributed by atoms with Gasteiger partial charge in [-0.05, 0) is 68.5 Å². The smallest absolute Gasteiger partial charge is 0.261 e. The fraction of sp³-hybridized carbons (Fsp3) is 0.462. The first kappa shape index (κ1) is 23.6. The monoisotopic (exact) mass is 438 g/mol. The Kier molecular flexibility index (Phi) is 8.14. The van der Waals surface area contributed by atoms with Crippen LogP contribution in [0.4, 0.5) is 0 Å². The molecule has 1 saturated carbocycles. The third-order valence-corrected chi connectivity index (χ3v) is 6.26. The van der Waals surface area contributed by atoms with Gasteiger partial charge in [-0.3, -0.25) is 9.59 Å². The molecule has 1 fully saturated rings. The van der Waals surface area contributed by atoms with Crippen LogP contribution in [0.15, 0.2) is 42.5 Å². The van der Waals surface area contributed by atoms with E-state index in [0.29, 0.717) is 18.0 Å². The van der Waals surface area contributed by atoms with Crippen molar-refractivity contribution in [2.45, 2.75) is 65.1 Å². The maximum Gasteiger partial charge on any atom is 0.261 e. The first-order chi connectivity index (χ1) is 15.4. The first-order valence-corrected chi connectivity index (χ1v) is 11.3. The highest BCUT2D eigenvalue weighted by Gasteiger charge is 2.29. The molecule has 2 amide bonds. The Morgan fingerprint density at radius 3 is 2.56 bits per heavy atom. The normalized spacial score (nSPS) is 14.6. The number of carbonyl (C=O) groups is 2. The summed E-state index contributed by atoms with van der Waals surface area (Å²) >= 11 is 0. The Labute approximate surface area is 190 Å². The van der Waals surface area contributed by atoms with Crippen molar-refractivity contribution in [2.75, 3.05) is 13.7 Å². The largest absolute Gasteiger partial charge is 0.497 e. The molecule has 0 aliphatic heterocycles. The van der Waals surface area contributed by atoms with Crippen LogP contribution in [0.1, 0.15) is 49.3 Å². The molecule has 1 unspecified atom stereocenters. The van der Waals surface area contributed by atoms with Crippen molar-refractivity contribution in [2.24, 2.45) is 0 Å². The van der Waals surface area contributed by atoms with E-state index in [1.807, 2.05) is 56.3 Å². The predicted octanol–water partition coefficient (Wildman–Crippen LogP) is 4.17. The first-order valence-electron chi connectivity index (χ1n) is 11.3. The van der Waals surface area contributed by atoms with E-state index < -0.39 is 6.04 Å². The van der Waals surface area contributed by atoms with Crippen molar-refractivity contribution in [3.05, 3.63) is 59.2 Å². The standard InChI is InChI=1S/C26H34N2O4/c1-18-9-7-14-24(19(18)2)32-17-25(29)28(16-21-10-8-13-23(15-21)31-4)20(3)26(30)27-22-11-5-6-12-22/h7-10,13-15,20,22H,5-6,11-12,16-17H2,1-4H3,(H,27,30). The van der Waals surface area contributed by atoms with E-state index in [9.17, 15) is 9.59 Å². The molecule has 0 bridgehead atoms. The molecule has 0 saturated heterocycles. The van der Waals surface area contributed by atoms with Crippen LogP contribution >= 0.6 is 0 Å². The summed E-state index contributed by atoms with van der Waals surface area (Å²) in [5.74, 6) is 1.04. The van der Waals surface area contributed by atoms with Gasteiger partial charge in [0, 0.05) is 12.6 Å². The molecular weight excluding hydrogens is 404 g/mol. The van der Waals surface area contributed by atoms with Gasteiger partial charge in [-0.25, -0.2) is 0 Å². The lowest BCUT2D eigenvalue weighted by atomic mass is 10.1. The minimum absolute atomic E-state index is 0.125. The number of rotatable bonds is 9. The van der Waals surface area contributed by atoms with Crippen molar-refractivity contribution >= 4 is 11.8 Å². The summed E-state index contributed by atoms with van der Waals surface area (Å²) in [5, 5.41) is 3.11. The van der Waals surface area contributed by atoms with Crippen LogP contribution in [-0.4, -0.2) is 42.5 Å². The summed E-state index contributed by atoms with van der Waals surface area (Å²) in [6, 6.07) is 12.9. The molecule has 32 heavy (non-hydrogen) atoms. The Balaban J connectivity index is 1.75. The number of aryl methyl sites for hydroxylation is 1. The van der Waals surface area contributed by atoms with Gasteiger partial charge in [-0.15, -0.1) is 0 Å². The number of ether oxygens (including phenoxy) is 2. The number of nitrogens with zero attached hydrogens (tertiary/aromatic N) is 1.